The maximum atomic E-state index is 12.7. The van der Waals surface area contributed by atoms with Crippen molar-refractivity contribution in [2.45, 2.75) is 58.7 Å². The van der Waals surface area contributed by atoms with Crippen molar-refractivity contribution in [1.82, 2.24) is 14.8 Å². The highest BCUT2D eigenvalue weighted by atomic mass is 16.6. The van der Waals surface area contributed by atoms with Gasteiger partial charge in [-0.2, -0.15) is 5.10 Å². The minimum atomic E-state index is -0.432. The SMILES string of the molecule is CC(=O)N1c2ncc(-c3cnn(C4CC4)c3)cc2N(C(=O)OC(C)C)C[C@@H]1C. The van der Waals surface area contributed by atoms with Crippen molar-refractivity contribution in [3.8, 4) is 11.1 Å². The summed E-state index contributed by atoms with van der Waals surface area (Å²) in [5.41, 5.74) is 2.37. The summed E-state index contributed by atoms with van der Waals surface area (Å²) >= 11 is 0. The van der Waals surface area contributed by atoms with Gasteiger partial charge in [-0.25, -0.2) is 9.78 Å². The first-order valence-electron chi connectivity index (χ1n) is 9.67. The van der Waals surface area contributed by atoms with Crippen LogP contribution in [0.3, 0.4) is 0 Å². The minimum Gasteiger partial charge on any atom is -0.446 e. The predicted molar refractivity (Wildman–Crippen MR) is 105 cm³/mol. The Hall–Kier alpha value is -2.90. The number of carbonyl (C=O) groups is 2. The minimum absolute atomic E-state index is 0.104. The van der Waals surface area contributed by atoms with E-state index in [1.807, 2.05) is 43.9 Å². The van der Waals surface area contributed by atoms with E-state index in [0.717, 1.165) is 24.0 Å². The maximum Gasteiger partial charge on any atom is 0.414 e. The van der Waals surface area contributed by atoms with Crippen LogP contribution in [0.5, 0.6) is 0 Å². The number of hydrogen-bond donors (Lipinski definition) is 0. The molecule has 1 fully saturated rings. The molecule has 2 aromatic rings. The Balaban J connectivity index is 1.75. The van der Waals surface area contributed by atoms with E-state index in [1.165, 1.54) is 6.92 Å². The van der Waals surface area contributed by atoms with Crippen molar-refractivity contribution in [1.29, 1.82) is 0 Å². The molecule has 28 heavy (non-hydrogen) atoms. The predicted octanol–water partition coefficient (Wildman–Crippen LogP) is 3.39. The molecule has 0 bridgehead atoms. The van der Waals surface area contributed by atoms with Gasteiger partial charge >= 0.3 is 6.09 Å². The van der Waals surface area contributed by atoms with Crippen LogP contribution in [-0.4, -0.2) is 45.5 Å². The van der Waals surface area contributed by atoms with E-state index in [9.17, 15) is 9.59 Å². The summed E-state index contributed by atoms with van der Waals surface area (Å²) in [7, 11) is 0. The molecule has 0 unspecified atom stereocenters. The molecule has 8 heteroatoms. The van der Waals surface area contributed by atoms with Crippen molar-refractivity contribution in [2.75, 3.05) is 16.3 Å². The number of ether oxygens (including phenoxy) is 1. The molecule has 0 N–H and O–H groups in total. The lowest BCUT2D eigenvalue weighted by Crippen LogP contribution is -2.52. The fourth-order valence-electron chi connectivity index (χ4n) is 3.56. The van der Waals surface area contributed by atoms with Crippen molar-refractivity contribution >= 4 is 23.5 Å². The molecule has 2 aromatic heterocycles. The van der Waals surface area contributed by atoms with E-state index in [2.05, 4.69) is 10.1 Å². The Morgan fingerprint density at radius 2 is 1.96 bits per heavy atom. The van der Waals surface area contributed by atoms with Gasteiger partial charge in [0.25, 0.3) is 0 Å². The number of hydrogen-bond acceptors (Lipinski definition) is 5. The summed E-state index contributed by atoms with van der Waals surface area (Å²) in [6.45, 7) is 7.39. The van der Waals surface area contributed by atoms with Gasteiger partial charge in [0.1, 0.15) is 0 Å². The van der Waals surface area contributed by atoms with Crippen LogP contribution in [0.1, 0.15) is 46.6 Å². The summed E-state index contributed by atoms with van der Waals surface area (Å²) in [5, 5.41) is 4.43. The number of nitrogens with zero attached hydrogens (tertiary/aromatic N) is 5. The largest absolute Gasteiger partial charge is 0.446 e. The topological polar surface area (TPSA) is 80.6 Å². The molecule has 4 rings (SSSR count). The van der Waals surface area contributed by atoms with Crippen molar-refractivity contribution in [2.24, 2.45) is 0 Å². The Morgan fingerprint density at radius 3 is 2.61 bits per heavy atom. The van der Waals surface area contributed by atoms with Gasteiger partial charge in [-0.3, -0.25) is 19.3 Å². The number of carbonyl (C=O) groups excluding carboxylic acids is 2. The first-order valence-corrected chi connectivity index (χ1v) is 9.67. The lowest BCUT2D eigenvalue weighted by atomic mass is 10.1. The number of anilines is 2. The molecule has 2 amide bonds. The van der Waals surface area contributed by atoms with Gasteiger partial charge in [-0.05, 0) is 39.7 Å². The fraction of sp³-hybridized carbons (Fsp3) is 0.500. The number of rotatable bonds is 3. The van der Waals surface area contributed by atoms with Gasteiger partial charge in [0.05, 0.1) is 36.6 Å². The van der Waals surface area contributed by atoms with E-state index in [1.54, 1.807) is 16.0 Å². The monoisotopic (exact) mass is 383 g/mol. The molecule has 148 valence electrons. The Kier molecular flexibility index (Phi) is 4.56. The number of pyridine rings is 1. The molecule has 1 aliphatic carbocycles. The van der Waals surface area contributed by atoms with Crippen LogP contribution >= 0.6 is 0 Å². The zero-order valence-corrected chi connectivity index (χ0v) is 16.6. The molecule has 3 heterocycles. The normalized spacial score (nSPS) is 19.0. The highest BCUT2D eigenvalue weighted by Gasteiger charge is 2.36. The van der Waals surface area contributed by atoms with Gasteiger partial charge in [-0.1, -0.05) is 0 Å². The Bertz CT molecular complexity index is 918. The van der Waals surface area contributed by atoms with Gasteiger partial charge in [-0.15, -0.1) is 0 Å². The van der Waals surface area contributed by atoms with Crippen LogP contribution in [0, 0.1) is 0 Å². The molecule has 0 aromatic carbocycles. The first kappa shape index (κ1) is 18.5. The van der Waals surface area contributed by atoms with Crippen LogP contribution in [-0.2, 0) is 9.53 Å². The molecule has 1 saturated carbocycles. The average molecular weight is 383 g/mol. The van der Waals surface area contributed by atoms with Crippen LogP contribution in [0.4, 0.5) is 16.3 Å². The molecule has 1 atom stereocenters. The third-order valence-corrected chi connectivity index (χ3v) is 5.01. The van der Waals surface area contributed by atoms with E-state index >= 15 is 0 Å². The average Bonchev–Trinajstić information content (AvgIpc) is 3.36. The summed E-state index contributed by atoms with van der Waals surface area (Å²) in [5.74, 6) is 0.373. The lowest BCUT2D eigenvalue weighted by Gasteiger charge is -2.39. The Morgan fingerprint density at radius 1 is 1.21 bits per heavy atom. The van der Waals surface area contributed by atoms with Crippen LogP contribution in [0.2, 0.25) is 0 Å². The highest BCUT2D eigenvalue weighted by molar-refractivity contribution is 6.01. The highest BCUT2D eigenvalue weighted by Crippen LogP contribution is 2.38. The smallest absolute Gasteiger partial charge is 0.414 e. The molecule has 0 spiro atoms. The molecule has 0 saturated heterocycles. The van der Waals surface area contributed by atoms with Crippen molar-refractivity contribution in [3.63, 3.8) is 0 Å². The van der Waals surface area contributed by atoms with Gasteiger partial charge in [0.2, 0.25) is 5.91 Å². The first-order chi connectivity index (χ1) is 13.3. The number of fused-ring (bicyclic) bond motifs is 1. The third-order valence-electron chi connectivity index (χ3n) is 5.01. The number of aromatic nitrogens is 3. The van der Waals surface area contributed by atoms with E-state index in [0.29, 0.717) is 24.1 Å². The second kappa shape index (κ2) is 6.92. The van der Waals surface area contributed by atoms with Crippen LogP contribution in [0.25, 0.3) is 11.1 Å². The van der Waals surface area contributed by atoms with Crippen LogP contribution in [0.15, 0.2) is 24.7 Å². The zero-order chi connectivity index (χ0) is 20.0. The van der Waals surface area contributed by atoms with E-state index in [-0.39, 0.29) is 18.1 Å². The van der Waals surface area contributed by atoms with Gasteiger partial charge in [0.15, 0.2) is 5.82 Å². The Labute approximate surface area is 164 Å². The third kappa shape index (κ3) is 3.34. The summed E-state index contributed by atoms with van der Waals surface area (Å²) in [4.78, 5) is 32.7. The van der Waals surface area contributed by atoms with Gasteiger partial charge in [0, 0.05) is 30.4 Å². The fourth-order valence-corrected chi connectivity index (χ4v) is 3.56. The summed E-state index contributed by atoms with van der Waals surface area (Å²) in [6.07, 6.45) is 7.20. The number of amides is 2. The van der Waals surface area contributed by atoms with Crippen molar-refractivity contribution in [3.05, 3.63) is 24.7 Å². The second-order valence-electron chi connectivity index (χ2n) is 7.79. The van der Waals surface area contributed by atoms with E-state index in [4.69, 9.17) is 4.74 Å². The van der Waals surface area contributed by atoms with E-state index < -0.39 is 6.09 Å². The molecular weight excluding hydrogens is 358 g/mol. The zero-order valence-electron chi connectivity index (χ0n) is 16.6. The van der Waals surface area contributed by atoms with Gasteiger partial charge < -0.3 is 4.74 Å². The second-order valence-corrected chi connectivity index (χ2v) is 7.79. The lowest BCUT2D eigenvalue weighted by molar-refractivity contribution is -0.117. The molecule has 1 aliphatic heterocycles. The molecular formula is C20H25N5O3. The quantitative estimate of drug-likeness (QED) is 0.812. The molecule has 8 nitrogen and oxygen atoms in total. The summed E-state index contributed by atoms with van der Waals surface area (Å²) in [6, 6.07) is 2.19. The van der Waals surface area contributed by atoms with Crippen molar-refractivity contribution < 1.29 is 14.3 Å². The standard InChI is InChI=1S/C20H25N5O3/c1-12(2)28-20(27)23-10-13(3)25(14(4)26)19-18(23)7-15(8-21-19)16-9-22-24(11-16)17-5-6-17/h7-9,11-13,17H,5-6,10H2,1-4H3/t13-/m0/s1. The molecule has 2 aliphatic rings. The maximum absolute atomic E-state index is 12.7. The van der Waals surface area contributed by atoms with Crippen LogP contribution < -0.4 is 9.80 Å². The molecule has 0 radical (unpaired) electrons. The summed E-state index contributed by atoms with van der Waals surface area (Å²) < 4.78 is 7.40.